The van der Waals surface area contributed by atoms with Gasteiger partial charge in [-0.15, -0.1) is 0 Å². The van der Waals surface area contributed by atoms with Crippen LogP contribution in [-0.2, 0) is 4.74 Å². The number of carbonyl (C=O) groups is 1. The Morgan fingerprint density at radius 2 is 2.07 bits per heavy atom. The lowest BCUT2D eigenvalue weighted by Gasteiger charge is -2.55. The number of nitrogens with zero attached hydrogens (tertiary/aromatic N) is 2. The Balaban J connectivity index is 1.39. The minimum atomic E-state index is -0.343. The number of carbonyl (C=O) groups excluding carboxylic acids is 1. The number of thiocarbonyl (C=S) groups is 1. The third-order valence-electron chi connectivity index (χ3n) is 7.49. The van der Waals surface area contributed by atoms with Crippen LogP contribution in [0.1, 0.15) is 48.9 Å². The molecule has 3 fully saturated rings. The molecule has 4 atom stereocenters. The van der Waals surface area contributed by atoms with Gasteiger partial charge in [0.25, 0.3) is 0 Å². The number of fused-ring (bicyclic) bond motifs is 6. The van der Waals surface area contributed by atoms with Crippen molar-refractivity contribution in [2.45, 2.75) is 50.6 Å². The Kier molecular flexibility index (Phi) is 5.54. The fourth-order valence-corrected chi connectivity index (χ4v) is 6.58. The summed E-state index contributed by atoms with van der Waals surface area (Å²) in [7, 11) is 1.41. The van der Waals surface area contributed by atoms with Crippen LogP contribution in [0.2, 0.25) is 0 Å². The first-order chi connectivity index (χ1) is 14.7. The van der Waals surface area contributed by atoms with E-state index in [1.165, 1.54) is 52.3 Å². The summed E-state index contributed by atoms with van der Waals surface area (Å²) in [6.45, 7) is 3.42. The number of likely N-dealkylation sites (tertiary alicyclic amines) is 1. The van der Waals surface area contributed by atoms with Crippen LogP contribution in [0.15, 0.2) is 35.9 Å². The molecule has 160 valence electrons. The molecule has 2 bridgehead atoms. The highest BCUT2D eigenvalue weighted by Gasteiger charge is 2.46. The van der Waals surface area contributed by atoms with Crippen molar-refractivity contribution >= 4 is 29.0 Å². The highest BCUT2D eigenvalue weighted by molar-refractivity contribution is 7.80. The predicted molar refractivity (Wildman–Crippen MR) is 123 cm³/mol. The van der Waals surface area contributed by atoms with Gasteiger partial charge in [-0.2, -0.15) is 0 Å². The molecule has 3 heterocycles. The van der Waals surface area contributed by atoms with Crippen molar-refractivity contribution in [2.75, 3.05) is 32.1 Å². The van der Waals surface area contributed by atoms with E-state index in [4.69, 9.17) is 17.0 Å². The lowest BCUT2D eigenvalue weighted by atomic mass is 9.68. The van der Waals surface area contributed by atoms with Crippen molar-refractivity contribution in [3.63, 3.8) is 0 Å². The largest absolute Gasteiger partial charge is 0.465 e. The molecule has 6 heteroatoms. The van der Waals surface area contributed by atoms with Gasteiger partial charge in [-0.1, -0.05) is 30.2 Å². The molecule has 4 aliphatic rings. The van der Waals surface area contributed by atoms with E-state index >= 15 is 0 Å². The molecule has 5 nitrogen and oxygen atoms in total. The number of ether oxygens (including phenoxy) is 1. The fourth-order valence-electron chi connectivity index (χ4n) is 6.27. The molecule has 0 radical (unpaired) electrons. The van der Waals surface area contributed by atoms with Gasteiger partial charge >= 0.3 is 5.97 Å². The minimum Gasteiger partial charge on any atom is -0.465 e. The second-order valence-corrected chi connectivity index (χ2v) is 9.56. The minimum absolute atomic E-state index is 0.343. The molecule has 5 rings (SSSR count). The van der Waals surface area contributed by atoms with Gasteiger partial charge in [0.1, 0.15) is 0 Å². The maximum Gasteiger partial charge on any atom is 0.339 e. The maximum absolute atomic E-state index is 12.2. The van der Waals surface area contributed by atoms with Gasteiger partial charge in [-0.25, -0.2) is 4.79 Å². The number of methoxy groups -OCH3 is 1. The first kappa shape index (κ1) is 20.0. The van der Waals surface area contributed by atoms with Gasteiger partial charge in [0, 0.05) is 19.1 Å². The topological polar surface area (TPSA) is 44.8 Å². The number of esters is 1. The van der Waals surface area contributed by atoms with Gasteiger partial charge in [0.15, 0.2) is 5.11 Å². The molecule has 1 aromatic rings. The Morgan fingerprint density at radius 1 is 1.20 bits per heavy atom. The number of hydrogen-bond donors (Lipinski definition) is 1. The van der Waals surface area contributed by atoms with E-state index in [1.807, 2.05) is 18.2 Å². The molecule has 1 aromatic carbocycles. The molecule has 4 unspecified atom stereocenters. The van der Waals surface area contributed by atoms with Crippen LogP contribution >= 0.6 is 12.2 Å². The fraction of sp³-hybridized carbons (Fsp3) is 0.583. The SMILES string of the molecule is COC(=O)c1ccccc1NC(=S)N1CCCC2=CC3CC(CN4CCCCC34)C21. The zero-order valence-corrected chi connectivity index (χ0v) is 18.5. The predicted octanol–water partition coefficient (Wildman–Crippen LogP) is 4.07. The second kappa shape index (κ2) is 8.31. The number of rotatable bonds is 2. The van der Waals surface area contributed by atoms with Crippen LogP contribution in [0.3, 0.4) is 0 Å². The monoisotopic (exact) mass is 425 g/mol. The molecule has 0 saturated carbocycles. The van der Waals surface area contributed by atoms with E-state index < -0.39 is 0 Å². The second-order valence-electron chi connectivity index (χ2n) is 9.17. The van der Waals surface area contributed by atoms with E-state index in [0.717, 1.165) is 35.7 Å². The van der Waals surface area contributed by atoms with E-state index in [-0.39, 0.29) is 5.97 Å². The van der Waals surface area contributed by atoms with Crippen molar-refractivity contribution in [3.05, 3.63) is 41.5 Å². The number of hydrogen-bond acceptors (Lipinski definition) is 4. The molecule has 1 N–H and O–H groups in total. The van der Waals surface area contributed by atoms with Crippen LogP contribution in [0.25, 0.3) is 0 Å². The van der Waals surface area contributed by atoms with Crippen LogP contribution in [0.5, 0.6) is 0 Å². The van der Waals surface area contributed by atoms with Crippen molar-refractivity contribution in [2.24, 2.45) is 11.8 Å². The lowest BCUT2D eigenvalue weighted by Crippen LogP contribution is -2.60. The van der Waals surface area contributed by atoms with Gasteiger partial charge in [0.05, 0.1) is 24.4 Å². The first-order valence-corrected chi connectivity index (χ1v) is 11.8. The Hall–Kier alpha value is -1.92. The Morgan fingerprint density at radius 3 is 2.93 bits per heavy atom. The van der Waals surface area contributed by atoms with Crippen LogP contribution < -0.4 is 5.32 Å². The van der Waals surface area contributed by atoms with Crippen molar-refractivity contribution in [1.29, 1.82) is 0 Å². The van der Waals surface area contributed by atoms with E-state index in [2.05, 4.69) is 21.2 Å². The first-order valence-electron chi connectivity index (χ1n) is 11.4. The Labute approximate surface area is 184 Å². The average Bonchev–Trinajstić information content (AvgIpc) is 2.78. The summed E-state index contributed by atoms with van der Waals surface area (Å²) >= 11 is 5.89. The smallest absolute Gasteiger partial charge is 0.339 e. The third-order valence-corrected chi connectivity index (χ3v) is 7.83. The average molecular weight is 426 g/mol. The number of piperidine rings is 3. The van der Waals surface area contributed by atoms with Crippen molar-refractivity contribution < 1.29 is 9.53 Å². The quantitative estimate of drug-likeness (QED) is 0.438. The third kappa shape index (κ3) is 3.54. The molecular formula is C24H31N3O2S. The van der Waals surface area contributed by atoms with E-state index in [0.29, 0.717) is 17.5 Å². The summed E-state index contributed by atoms with van der Waals surface area (Å²) in [5, 5.41) is 4.10. The van der Waals surface area contributed by atoms with E-state index in [9.17, 15) is 4.79 Å². The van der Waals surface area contributed by atoms with E-state index in [1.54, 1.807) is 11.6 Å². The molecule has 3 aliphatic heterocycles. The summed E-state index contributed by atoms with van der Waals surface area (Å²) in [5.74, 6) is 1.01. The van der Waals surface area contributed by atoms with Gasteiger partial charge < -0.3 is 15.0 Å². The molecule has 0 spiro atoms. The molecular weight excluding hydrogens is 394 g/mol. The highest BCUT2D eigenvalue weighted by atomic mass is 32.1. The van der Waals surface area contributed by atoms with Crippen LogP contribution in [0, 0.1) is 11.8 Å². The summed E-state index contributed by atoms with van der Waals surface area (Å²) in [4.78, 5) is 17.3. The number of nitrogens with one attached hydrogen (secondary N) is 1. The molecule has 0 aromatic heterocycles. The van der Waals surface area contributed by atoms with Gasteiger partial charge in [-0.05, 0) is 74.8 Å². The number of benzene rings is 1. The van der Waals surface area contributed by atoms with Crippen LogP contribution in [0.4, 0.5) is 5.69 Å². The Bertz CT molecular complexity index is 870. The summed E-state index contributed by atoms with van der Waals surface area (Å²) in [6, 6.07) is 8.59. The number of anilines is 1. The lowest BCUT2D eigenvalue weighted by molar-refractivity contribution is 0.0132. The summed E-state index contributed by atoms with van der Waals surface area (Å²) in [5.41, 5.74) is 2.84. The maximum atomic E-state index is 12.2. The summed E-state index contributed by atoms with van der Waals surface area (Å²) < 4.78 is 4.94. The normalized spacial score (nSPS) is 30.6. The zero-order chi connectivity index (χ0) is 20.7. The van der Waals surface area contributed by atoms with Crippen molar-refractivity contribution in [1.82, 2.24) is 9.80 Å². The zero-order valence-electron chi connectivity index (χ0n) is 17.7. The number of para-hydroxylation sites is 1. The molecule has 30 heavy (non-hydrogen) atoms. The summed E-state index contributed by atoms with van der Waals surface area (Å²) in [6.07, 6.45) is 10.3. The highest BCUT2D eigenvalue weighted by Crippen LogP contribution is 2.45. The standard InChI is InChI=1S/C24H31N3O2S/c1-29-23(28)19-8-2-3-9-20(19)25-24(30)27-12-6-7-16-13-17-14-18(22(16)27)15-26-11-5-4-10-21(17)26/h2-3,8-9,13,17-18,21-22H,4-7,10-12,14-15H2,1H3,(H,25,30). The van der Waals surface area contributed by atoms with Gasteiger partial charge in [-0.3, -0.25) is 4.90 Å². The van der Waals surface area contributed by atoms with Gasteiger partial charge in [0.2, 0.25) is 0 Å². The molecule has 1 aliphatic carbocycles. The van der Waals surface area contributed by atoms with Crippen LogP contribution in [-0.4, -0.2) is 59.7 Å². The van der Waals surface area contributed by atoms with Crippen molar-refractivity contribution in [3.8, 4) is 0 Å². The molecule has 0 amide bonds. The molecule has 3 saturated heterocycles.